The van der Waals surface area contributed by atoms with E-state index in [0.29, 0.717) is 5.75 Å². The lowest BCUT2D eigenvalue weighted by atomic mass is 10.1. The van der Waals surface area contributed by atoms with E-state index in [1.165, 1.54) is 11.8 Å². The first-order valence-electron chi connectivity index (χ1n) is 9.95. The zero-order valence-corrected chi connectivity index (χ0v) is 19.3. The minimum absolute atomic E-state index is 0.0640. The fourth-order valence-corrected chi connectivity index (χ4v) is 3.04. The predicted octanol–water partition coefficient (Wildman–Crippen LogP) is -3.78. The average molecular weight is 507 g/mol. The normalized spacial score (nSPS) is 14.1. The fraction of sp³-hybridized carbons (Fsp3) is 0.611. The second-order valence-corrected chi connectivity index (χ2v) is 8.17. The van der Waals surface area contributed by atoms with Crippen LogP contribution in [0.5, 0.6) is 0 Å². The molecule has 11 N–H and O–H groups in total. The third-order valence-electron chi connectivity index (χ3n) is 4.30. The average Bonchev–Trinajstić information content (AvgIpc) is 2.71. The van der Waals surface area contributed by atoms with Gasteiger partial charge in [0.2, 0.25) is 29.5 Å². The summed E-state index contributed by atoms with van der Waals surface area (Å²) >= 11 is 1.34. The van der Waals surface area contributed by atoms with Crippen molar-refractivity contribution in [2.24, 2.45) is 17.2 Å². The van der Waals surface area contributed by atoms with Crippen LogP contribution >= 0.6 is 11.8 Å². The number of nitrogens with one attached hydrogen (secondary N) is 3. The van der Waals surface area contributed by atoms with Crippen LogP contribution in [-0.2, 0) is 33.6 Å². The van der Waals surface area contributed by atoms with Gasteiger partial charge in [-0.3, -0.25) is 28.8 Å². The molecular formula is C18H30N6O9S. The Morgan fingerprint density at radius 2 is 1.26 bits per heavy atom. The number of primary amides is 2. The highest BCUT2D eigenvalue weighted by Crippen LogP contribution is 2.05. The Bertz CT molecular complexity index is 794. The van der Waals surface area contributed by atoms with E-state index < -0.39 is 91.3 Å². The molecule has 0 aromatic rings. The molecule has 0 fully saturated rings. The van der Waals surface area contributed by atoms with Gasteiger partial charge in [-0.2, -0.15) is 11.8 Å². The molecule has 0 heterocycles. The number of amides is 5. The number of hydrogen-bond acceptors (Lipinski definition) is 9. The van der Waals surface area contributed by atoms with Crippen LogP contribution < -0.4 is 33.2 Å². The molecule has 15 nitrogen and oxygen atoms in total. The van der Waals surface area contributed by atoms with Crippen molar-refractivity contribution in [3.05, 3.63) is 0 Å². The van der Waals surface area contributed by atoms with Gasteiger partial charge >= 0.3 is 11.9 Å². The molecule has 4 unspecified atom stereocenters. The minimum Gasteiger partial charge on any atom is -0.481 e. The van der Waals surface area contributed by atoms with Crippen LogP contribution in [0, 0.1) is 0 Å². The highest BCUT2D eigenvalue weighted by Gasteiger charge is 2.31. The third kappa shape index (κ3) is 12.6. The van der Waals surface area contributed by atoms with Crippen LogP contribution in [0.4, 0.5) is 0 Å². The van der Waals surface area contributed by atoms with Gasteiger partial charge in [-0.1, -0.05) is 0 Å². The van der Waals surface area contributed by atoms with Crippen LogP contribution in [0.3, 0.4) is 0 Å². The first kappa shape index (κ1) is 30.6. The standard InChI is InChI=1S/C18H30N6O9S/c1-34-5-4-10(18(32)33)23-17(31)11(7-13(21)26)24-16(30)9(2-3-14(27)28)22-15(29)8(19)6-12(20)25/h8-11H,2-7,19H2,1H3,(H2,20,25)(H2,21,26)(H,22,29)(H,23,31)(H,24,30)(H,27,28)(H,32,33). The molecule has 0 radical (unpaired) electrons. The Kier molecular flexibility index (Phi) is 13.9. The molecule has 34 heavy (non-hydrogen) atoms. The summed E-state index contributed by atoms with van der Waals surface area (Å²) in [5.74, 6) is -7.16. The molecule has 5 amide bonds. The van der Waals surface area contributed by atoms with E-state index in [1.807, 2.05) is 0 Å². The Morgan fingerprint density at radius 3 is 1.74 bits per heavy atom. The van der Waals surface area contributed by atoms with Crippen molar-refractivity contribution in [1.29, 1.82) is 0 Å². The summed E-state index contributed by atoms with van der Waals surface area (Å²) < 4.78 is 0. The summed E-state index contributed by atoms with van der Waals surface area (Å²) in [4.78, 5) is 82.1. The largest absolute Gasteiger partial charge is 0.481 e. The number of hydrogen-bond donors (Lipinski definition) is 8. The highest BCUT2D eigenvalue weighted by atomic mass is 32.2. The van der Waals surface area contributed by atoms with Crippen LogP contribution in [0.1, 0.15) is 32.1 Å². The molecule has 0 aliphatic rings. The second-order valence-electron chi connectivity index (χ2n) is 7.18. The van der Waals surface area contributed by atoms with Crippen molar-refractivity contribution < 1.29 is 43.8 Å². The molecule has 0 aliphatic heterocycles. The zero-order valence-electron chi connectivity index (χ0n) is 18.4. The molecule has 0 saturated heterocycles. The minimum atomic E-state index is -1.61. The van der Waals surface area contributed by atoms with E-state index >= 15 is 0 Å². The SMILES string of the molecule is CSCCC(NC(=O)C(CC(N)=O)NC(=O)C(CCC(=O)O)NC(=O)C(N)CC(N)=O)C(=O)O. The summed E-state index contributed by atoms with van der Waals surface area (Å²) in [6, 6.07) is -5.85. The summed E-state index contributed by atoms with van der Waals surface area (Å²) in [6.07, 6.45) is -0.434. The maximum absolute atomic E-state index is 12.7. The first-order chi connectivity index (χ1) is 15.8. The van der Waals surface area contributed by atoms with E-state index in [1.54, 1.807) is 6.26 Å². The van der Waals surface area contributed by atoms with Crippen molar-refractivity contribution in [2.75, 3.05) is 12.0 Å². The van der Waals surface area contributed by atoms with Crippen molar-refractivity contribution in [3.8, 4) is 0 Å². The number of carboxylic acids is 2. The molecule has 192 valence electrons. The van der Waals surface area contributed by atoms with Crippen LogP contribution in [0.2, 0.25) is 0 Å². The van der Waals surface area contributed by atoms with Crippen LogP contribution in [-0.4, -0.2) is 87.9 Å². The predicted molar refractivity (Wildman–Crippen MR) is 119 cm³/mol. The monoisotopic (exact) mass is 506 g/mol. The van der Waals surface area contributed by atoms with Gasteiger partial charge in [0.25, 0.3) is 0 Å². The van der Waals surface area contributed by atoms with Crippen molar-refractivity contribution >= 4 is 53.2 Å². The maximum Gasteiger partial charge on any atom is 0.326 e. The van der Waals surface area contributed by atoms with Gasteiger partial charge in [0.1, 0.15) is 18.1 Å². The number of carboxylic acid groups (broad SMARTS) is 2. The summed E-state index contributed by atoms with van der Waals surface area (Å²) in [7, 11) is 0. The molecule has 0 saturated carbocycles. The fourth-order valence-electron chi connectivity index (χ4n) is 2.57. The molecule has 0 aliphatic carbocycles. The molecule has 0 aromatic carbocycles. The van der Waals surface area contributed by atoms with E-state index in [0.717, 1.165) is 0 Å². The lowest BCUT2D eigenvalue weighted by Crippen LogP contribution is -2.58. The van der Waals surface area contributed by atoms with Gasteiger partial charge in [0, 0.05) is 6.42 Å². The molecule has 4 atom stereocenters. The van der Waals surface area contributed by atoms with Crippen molar-refractivity contribution in [3.63, 3.8) is 0 Å². The second kappa shape index (κ2) is 15.4. The van der Waals surface area contributed by atoms with E-state index in [4.69, 9.17) is 22.3 Å². The zero-order chi connectivity index (χ0) is 26.4. The van der Waals surface area contributed by atoms with E-state index in [-0.39, 0.29) is 6.42 Å². The topological polar surface area (TPSA) is 274 Å². The van der Waals surface area contributed by atoms with Crippen LogP contribution in [0.15, 0.2) is 0 Å². The molecule has 0 aromatic heterocycles. The molecule has 16 heteroatoms. The van der Waals surface area contributed by atoms with Gasteiger partial charge in [0.05, 0.1) is 18.9 Å². The summed E-state index contributed by atoms with van der Waals surface area (Å²) in [5.41, 5.74) is 15.6. The number of rotatable bonds is 17. The Hall–Kier alpha value is -3.40. The van der Waals surface area contributed by atoms with Crippen molar-refractivity contribution in [2.45, 2.75) is 56.3 Å². The maximum atomic E-state index is 12.7. The smallest absolute Gasteiger partial charge is 0.326 e. The molecular weight excluding hydrogens is 476 g/mol. The number of nitrogens with two attached hydrogens (primary N) is 3. The molecule has 0 rings (SSSR count). The lowest BCUT2D eigenvalue weighted by Gasteiger charge is -2.24. The van der Waals surface area contributed by atoms with Crippen LogP contribution in [0.25, 0.3) is 0 Å². The first-order valence-corrected chi connectivity index (χ1v) is 11.3. The molecule has 0 spiro atoms. The van der Waals surface area contributed by atoms with Gasteiger partial charge in [-0.05, 0) is 24.9 Å². The van der Waals surface area contributed by atoms with E-state index in [9.17, 15) is 38.7 Å². The van der Waals surface area contributed by atoms with E-state index in [2.05, 4.69) is 16.0 Å². The number of thioether (sulfide) groups is 1. The third-order valence-corrected chi connectivity index (χ3v) is 4.95. The Morgan fingerprint density at radius 1 is 0.765 bits per heavy atom. The lowest BCUT2D eigenvalue weighted by molar-refractivity contribution is -0.142. The quantitative estimate of drug-likeness (QED) is 0.0947. The number of aliphatic carboxylic acids is 2. The number of carbonyl (C=O) groups excluding carboxylic acids is 5. The summed E-state index contributed by atoms with van der Waals surface area (Å²) in [5, 5.41) is 24.7. The Balaban J connectivity index is 5.56. The summed E-state index contributed by atoms with van der Waals surface area (Å²) in [6.45, 7) is 0. The van der Waals surface area contributed by atoms with Gasteiger partial charge in [-0.15, -0.1) is 0 Å². The Labute approximate surface area is 198 Å². The van der Waals surface area contributed by atoms with Gasteiger partial charge in [-0.25, -0.2) is 4.79 Å². The molecule has 0 bridgehead atoms. The number of carbonyl (C=O) groups is 7. The highest BCUT2D eigenvalue weighted by molar-refractivity contribution is 7.98. The van der Waals surface area contributed by atoms with Crippen molar-refractivity contribution in [1.82, 2.24) is 16.0 Å². The van der Waals surface area contributed by atoms with Gasteiger partial charge < -0.3 is 43.4 Å². The van der Waals surface area contributed by atoms with Gasteiger partial charge in [0.15, 0.2) is 0 Å².